The lowest BCUT2D eigenvalue weighted by atomic mass is 10.2. The van der Waals surface area contributed by atoms with Crippen molar-refractivity contribution in [1.82, 2.24) is 15.1 Å². The van der Waals surface area contributed by atoms with Gasteiger partial charge in [0, 0.05) is 58.0 Å². The van der Waals surface area contributed by atoms with E-state index < -0.39 is 0 Å². The van der Waals surface area contributed by atoms with Crippen molar-refractivity contribution in [2.75, 3.05) is 71.4 Å². The number of anilines is 1. The van der Waals surface area contributed by atoms with Crippen molar-refractivity contribution in [3.05, 3.63) is 65.5 Å². The summed E-state index contributed by atoms with van der Waals surface area (Å²) in [7, 11) is 4.30. The van der Waals surface area contributed by atoms with Crippen molar-refractivity contribution < 1.29 is 4.39 Å². The quantitative estimate of drug-likeness (QED) is 0.762. The van der Waals surface area contributed by atoms with Crippen molar-refractivity contribution in [1.29, 1.82) is 10.5 Å². The maximum absolute atomic E-state index is 12.1. The van der Waals surface area contributed by atoms with Gasteiger partial charge in [-0.1, -0.05) is 0 Å². The highest BCUT2D eigenvalue weighted by molar-refractivity contribution is 5.50. The van der Waals surface area contributed by atoms with Crippen molar-refractivity contribution in [3.8, 4) is 12.1 Å². The molecule has 6 nitrogen and oxygen atoms in total. The molecule has 0 amide bonds. The van der Waals surface area contributed by atoms with E-state index in [4.69, 9.17) is 10.5 Å². The first-order valence-corrected chi connectivity index (χ1v) is 10.5. The minimum atomic E-state index is -0.311. The fraction of sp³-hybridized carbons (Fsp3) is 0.417. The highest BCUT2D eigenvalue weighted by Gasteiger charge is 2.13. The number of hydrogen-bond acceptors (Lipinski definition) is 6. The zero-order chi connectivity index (χ0) is 22.5. The molecule has 2 aromatic rings. The molecule has 0 aliphatic carbocycles. The predicted octanol–water partition coefficient (Wildman–Crippen LogP) is 2.53. The van der Waals surface area contributed by atoms with Crippen LogP contribution in [0.4, 0.5) is 10.1 Å². The van der Waals surface area contributed by atoms with Gasteiger partial charge in [-0.25, -0.2) is 4.39 Å². The maximum atomic E-state index is 12.1. The van der Waals surface area contributed by atoms with Crippen LogP contribution in [0, 0.1) is 28.5 Å². The number of rotatable bonds is 1. The van der Waals surface area contributed by atoms with E-state index in [0.29, 0.717) is 5.56 Å². The zero-order valence-corrected chi connectivity index (χ0v) is 18.4. The van der Waals surface area contributed by atoms with E-state index >= 15 is 0 Å². The Morgan fingerprint density at radius 2 is 1.16 bits per heavy atom. The summed E-state index contributed by atoms with van der Waals surface area (Å²) in [6.45, 7) is 9.11. The molecule has 7 heteroatoms. The molecule has 2 heterocycles. The number of nitriles is 2. The molecular formula is C24H31FN6. The van der Waals surface area contributed by atoms with Gasteiger partial charge in [0.2, 0.25) is 0 Å². The molecule has 0 spiro atoms. The van der Waals surface area contributed by atoms with Crippen molar-refractivity contribution in [2.45, 2.75) is 0 Å². The SMILES string of the molecule is CN1CCN(c2ccc(C#N)cc2)CC1.CN1CCNCC1.N#Cc1ccc(F)cc1. The Morgan fingerprint density at radius 3 is 1.58 bits per heavy atom. The predicted molar refractivity (Wildman–Crippen MR) is 122 cm³/mol. The molecule has 0 saturated carbocycles. The summed E-state index contributed by atoms with van der Waals surface area (Å²) in [6.07, 6.45) is 0. The number of likely N-dealkylation sites (N-methyl/N-ethyl adjacent to an activating group) is 2. The van der Waals surface area contributed by atoms with E-state index in [1.54, 1.807) is 0 Å². The monoisotopic (exact) mass is 422 g/mol. The summed E-state index contributed by atoms with van der Waals surface area (Å²) in [6, 6.07) is 17.3. The van der Waals surface area contributed by atoms with Gasteiger partial charge in [-0.3, -0.25) is 0 Å². The van der Waals surface area contributed by atoms with E-state index in [1.807, 2.05) is 30.3 Å². The summed E-state index contributed by atoms with van der Waals surface area (Å²) in [5.41, 5.74) is 2.44. The number of halogens is 1. The van der Waals surface area contributed by atoms with Gasteiger partial charge < -0.3 is 20.0 Å². The van der Waals surface area contributed by atoms with E-state index in [2.05, 4.69) is 40.2 Å². The van der Waals surface area contributed by atoms with Gasteiger partial charge in [0.15, 0.2) is 0 Å². The van der Waals surface area contributed by atoms with Crippen LogP contribution in [0.2, 0.25) is 0 Å². The van der Waals surface area contributed by atoms with E-state index in [-0.39, 0.29) is 5.82 Å². The molecule has 1 N–H and O–H groups in total. The van der Waals surface area contributed by atoms with Crippen LogP contribution in [0.3, 0.4) is 0 Å². The topological polar surface area (TPSA) is 69.3 Å². The Bertz CT molecular complexity index is 840. The van der Waals surface area contributed by atoms with Crippen LogP contribution in [0.25, 0.3) is 0 Å². The standard InChI is InChI=1S/C12H15N3.C7H4FN.C5H12N2/c1-14-6-8-15(9-7-14)12-4-2-11(10-13)3-5-12;8-7-3-1-6(5-9)2-4-7;1-7-4-2-6-3-5-7/h2-5H,6-9H2,1H3;1-4H;6H,2-5H2,1H3. The first kappa shape index (κ1) is 24.3. The molecule has 2 saturated heterocycles. The lowest BCUT2D eigenvalue weighted by molar-refractivity contribution is 0.291. The highest BCUT2D eigenvalue weighted by Crippen LogP contribution is 2.16. The van der Waals surface area contributed by atoms with Crippen LogP contribution in [0.15, 0.2) is 48.5 Å². The van der Waals surface area contributed by atoms with Gasteiger partial charge in [0.1, 0.15) is 5.82 Å². The molecule has 164 valence electrons. The minimum Gasteiger partial charge on any atom is -0.369 e. The van der Waals surface area contributed by atoms with Gasteiger partial charge >= 0.3 is 0 Å². The molecule has 2 aliphatic heterocycles. The van der Waals surface area contributed by atoms with Gasteiger partial charge in [0.25, 0.3) is 0 Å². The Morgan fingerprint density at radius 1 is 0.710 bits per heavy atom. The molecule has 0 unspecified atom stereocenters. The van der Waals surface area contributed by atoms with Gasteiger partial charge in [-0.15, -0.1) is 0 Å². The second-order valence-electron chi connectivity index (χ2n) is 7.62. The van der Waals surface area contributed by atoms with Gasteiger partial charge in [0.05, 0.1) is 23.3 Å². The maximum Gasteiger partial charge on any atom is 0.123 e. The normalized spacial score (nSPS) is 16.6. The largest absolute Gasteiger partial charge is 0.369 e. The molecule has 31 heavy (non-hydrogen) atoms. The fourth-order valence-corrected chi connectivity index (χ4v) is 3.11. The van der Waals surface area contributed by atoms with Crippen molar-refractivity contribution >= 4 is 5.69 Å². The van der Waals surface area contributed by atoms with Crippen molar-refractivity contribution in [3.63, 3.8) is 0 Å². The molecule has 0 atom stereocenters. The third-order valence-electron chi connectivity index (χ3n) is 5.18. The Kier molecular flexibility index (Phi) is 10.5. The van der Waals surface area contributed by atoms with E-state index in [1.165, 1.54) is 43.0 Å². The molecule has 2 fully saturated rings. The third kappa shape index (κ3) is 9.15. The highest BCUT2D eigenvalue weighted by atomic mass is 19.1. The summed E-state index contributed by atoms with van der Waals surface area (Å²) < 4.78 is 12.1. The number of hydrogen-bond donors (Lipinski definition) is 1. The minimum absolute atomic E-state index is 0.311. The van der Waals surface area contributed by atoms with Crippen molar-refractivity contribution in [2.24, 2.45) is 0 Å². The summed E-state index contributed by atoms with van der Waals surface area (Å²) in [5.74, 6) is -0.311. The number of nitrogens with zero attached hydrogens (tertiary/aromatic N) is 5. The van der Waals surface area contributed by atoms with Gasteiger partial charge in [-0.2, -0.15) is 10.5 Å². The number of nitrogens with one attached hydrogen (secondary N) is 1. The number of benzene rings is 2. The molecule has 2 aromatic carbocycles. The van der Waals surface area contributed by atoms with Crippen LogP contribution in [0.1, 0.15) is 11.1 Å². The lowest BCUT2D eigenvalue weighted by Gasteiger charge is -2.34. The molecule has 2 aliphatic rings. The molecule has 0 bridgehead atoms. The summed E-state index contributed by atoms with van der Waals surface area (Å²) in [5, 5.41) is 20.2. The molecule has 4 rings (SSSR count). The zero-order valence-electron chi connectivity index (χ0n) is 18.4. The second kappa shape index (κ2) is 13.4. The Labute approximate surface area is 185 Å². The first-order chi connectivity index (χ1) is 15.0. The Hall–Kier alpha value is -2.97. The van der Waals surface area contributed by atoms with Crippen LogP contribution in [-0.4, -0.2) is 76.3 Å². The van der Waals surface area contributed by atoms with Crippen LogP contribution in [-0.2, 0) is 0 Å². The van der Waals surface area contributed by atoms with Gasteiger partial charge in [-0.05, 0) is 62.6 Å². The molecular weight excluding hydrogens is 391 g/mol. The lowest BCUT2D eigenvalue weighted by Crippen LogP contribution is -2.44. The molecule has 0 aromatic heterocycles. The fourth-order valence-electron chi connectivity index (χ4n) is 3.11. The Balaban J connectivity index is 0.000000181. The van der Waals surface area contributed by atoms with E-state index in [9.17, 15) is 4.39 Å². The summed E-state index contributed by atoms with van der Waals surface area (Å²) in [4.78, 5) is 7.03. The van der Waals surface area contributed by atoms with Crippen LogP contribution < -0.4 is 10.2 Å². The molecule has 0 radical (unpaired) electrons. The first-order valence-electron chi connectivity index (χ1n) is 10.5. The average Bonchev–Trinajstić information content (AvgIpc) is 2.82. The average molecular weight is 423 g/mol. The smallest absolute Gasteiger partial charge is 0.123 e. The number of piperazine rings is 2. The third-order valence-corrected chi connectivity index (χ3v) is 5.18. The summed E-state index contributed by atoms with van der Waals surface area (Å²) >= 11 is 0. The van der Waals surface area contributed by atoms with Crippen LogP contribution in [0.5, 0.6) is 0 Å². The second-order valence-corrected chi connectivity index (χ2v) is 7.62. The van der Waals surface area contributed by atoms with E-state index in [0.717, 1.165) is 44.8 Å². The van der Waals surface area contributed by atoms with Crippen LogP contribution >= 0.6 is 0 Å².